The number of benzene rings is 1. The number of ketones is 1. The lowest BCUT2D eigenvalue weighted by atomic mass is 10.1. The third kappa shape index (κ3) is 4.39. The van der Waals surface area contributed by atoms with E-state index in [-0.39, 0.29) is 11.3 Å². The molecular formula is C15H19F2NO. The summed E-state index contributed by atoms with van der Waals surface area (Å²) in [6.45, 7) is 4.65. The lowest BCUT2D eigenvalue weighted by molar-refractivity contribution is 0.0963. The Morgan fingerprint density at radius 3 is 2.42 bits per heavy atom. The van der Waals surface area contributed by atoms with Gasteiger partial charge < -0.3 is 4.90 Å². The number of nitrogens with zero attached hydrogens (tertiary/aromatic N) is 1. The van der Waals surface area contributed by atoms with Gasteiger partial charge in [0.15, 0.2) is 5.78 Å². The normalized spacial score (nSPS) is 14.9. The molecular weight excluding hydrogens is 248 g/mol. The first-order chi connectivity index (χ1) is 9.08. The van der Waals surface area contributed by atoms with Crippen LogP contribution in [0.3, 0.4) is 0 Å². The molecule has 0 spiro atoms. The zero-order valence-electron chi connectivity index (χ0n) is 11.2. The minimum absolute atomic E-state index is 0.125. The van der Waals surface area contributed by atoms with E-state index in [0.29, 0.717) is 13.0 Å². The maximum Gasteiger partial charge on any atom is 0.164 e. The Kier molecular flexibility index (Phi) is 4.64. The third-order valence-electron chi connectivity index (χ3n) is 3.50. The summed E-state index contributed by atoms with van der Waals surface area (Å²) in [5, 5.41) is 0. The number of halogens is 2. The molecule has 0 saturated heterocycles. The molecule has 0 atom stereocenters. The highest BCUT2D eigenvalue weighted by Gasteiger charge is 2.23. The summed E-state index contributed by atoms with van der Waals surface area (Å²) in [6.07, 6.45) is 2.86. The third-order valence-corrected chi connectivity index (χ3v) is 3.50. The van der Waals surface area contributed by atoms with Crippen molar-refractivity contribution in [2.24, 2.45) is 5.92 Å². The first-order valence-electron chi connectivity index (χ1n) is 6.80. The molecule has 0 aliphatic heterocycles. The topological polar surface area (TPSA) is 20.3 Å². The maximum absolute atomic E-state index is 13.0. The molecule has 104 valence electrons. The zero-order chi connectivity index (χ0) is 13.8. The summed E-state index contributed by atoms with van der Waals surface area (Å²) >= 11 is 0. The van der Waals surface area contributed by atoms with Gasteiger partial charge in [-0.3, -0.25) is 4.79 Å². The highest BCUT2D eigenvalue weighted by Crippen LogP contribution is 2.29. The molecule has 1 fully saturated rings. The van der Waals surface area contributed by atoms with Crippen LogP contribution in [-0.2, 0) is 0 Å². The van der Waals surface area contributed by atoms with Crippen molar-refractivity contribution in [1.82, 2.24) is 4.90 Å². The number of carbonyl (C=O) groups is 1. The van der Waals surface area contributed by atoms with Crippen LogP contribution in [0.1, 0.15) is 36.5 Å². The quantitative estimate of drug-likeness (QED) is 0.707. The van der Waals surface area contributed by atoms with Crippen LogP contribution in [0.25, 0.3) is 0 Å². The Labute approximate surface area is 112 Å². The Morgan fingerprint density at radius 1 is 1.26 bits per heavy atom. The van der Waals surface area contributed by atoms with Gasteiger partial charge in [-0.2, -0.15) is 0 Å². The predicted molar refractivity (Wildman–Crippen MR) is 70.1 cm³/mol. The molecule has 1 aliphatic rings. The molecule has 1 aromatic rings. The van der Waals surface area contributed by atoms with Gasteiger partial charge in [0.1, 0.15) is 11.6 Å². The Balaban J connectivity index is 1.88. The summed E-state index contributed by atoms with van der Waals surface area (Å²) in [4.78, 5) is 14.1. The smallest absolute Gasteiger partial charge is 0.164 e. The minimum Gasteiger partial charge on any atom is -0.303 e. The maximum atomic E-state index is 13.0. The molecule has 0 heterocycles. The average Bonchev–Trinajstić information content (AvgIpc) is 3.16. The fraction of sp³-hybridized carbons (Fsp3) is 0.533. The van der Waals surface area contributed by atoms with Gasteiger partial charge in [-0.1, -0.05) is 6.92 Å². The van der Waals surface area contributed by atoms with Crippen molar-refractivity contribution in [1.29, 1.82) is 0 Å². The summed E-state index contributed by atoms with van der Waals surface area (Å²) < 4.78 is 26.1. The molecule has 1 aromatic carbocycles. The second-order valence-electron chi connectivity index (χ2n) is 5.17. The standard InChI is InChI=1S/C15H19F2NO/c1-2-18(10-11-3-4-11)6-5-15(19)12-7-13(16)9-14(17)8-12/h7-9,11H,2-6,10H2,1H3. The molecule has 0 radical (unpaired) electrons. The Bertz CT molecular complexity index is 437. The van der Waals surface area contributed by atoms with Crippen LogP contribution >= 0.6 is 0 Å². The van der Waals surface area contributed by atoms with Crippen molar-refractivity contribution in [3.8, 4) is 0 Å². The van der Waals surface area contributed by atoms with Crippen molar-refractivity contribution in [2.75, 3.05) is 19.6 Å². The number of hydrogen-bond donors (Lipinski definition) is 0. The van der Waals surface area contributed by atoms with Crippen LogP contribution in [0.4, 0.5) is 8.78 Å². The molecule has 0 N–H and O–H groups in total. The van der Waals surface area contributed by atoms with Crippen LogP contribution < -0.4 is 0 Å². The van der Waals surface area contributed by atoms with Gasteiger partial charge >= 0.3 is 0 Å². The second kappa shape index (κ2) is 6.24. The molecule has 2 rings (SSSR count). The van der Waals surface area contributed by atoms with Gasteiger partial charge in [-0.25, -0.2) is 8.78 Å². The highest BCUT2D eigenvalue weighted by atomic mass is 19.1. The van der Waals surface area contributed by atoms with E-state index in [9.17, 15) is 13.6 Å². The van der Waals surface area contributed by atoms with Gasteiger partial charge in [0.25, 0.3) is 0 Å². The second-order valence-corrected chi connectivity index (χ2v) is 5.17. The summed E-state index contributed by atoms with van der Waals surface area (Å²) in [5.41, 5.74) is 0.125. The molecule has 4 heteroatoms. The van der Waals surface area contributed by atoms with Gasteiger partial charge in [0.2, 0.25) is 0 Å². The van der Waals surface area contributed by atoms with Crippen LogP contribution in [-0.4, -0.2) is 30.3 Å². The Hall–Kier alpha value is -1.29. The first-order valence-corrected chi connectivity index (χ1v) is 6.80. The lowest BCUT2D eigenvalue weighted by Gasteiger charge is -2.19. The van der Waals surface area contributed by atoms with Crippen molar-refractivity contribution >= 4 is 5.78 Å². The zero-order valence-corrected chi connectivity index (χ0v) is 11.2. The van der Waals surface area contributed by atoms with E-state index >= 15 is 0 Å². The number of rotatable bonds is 7. The molecule has 19 heavy (non-hydrogen) atoms. The molecule has 2 nitrogen and oxygen atoms in total. The number of Topliss-reactive ketones (excluding diaryl/α,β-unsaturated/α-hetero) is 1. The fourth-order valence-corrected chi connectivity index (χ4v) is 2.16. The van der Waals surface area contributed by atoms with E-state index in [1.165, 1.54) is 12.8 Å². The molecule has 0 amide bonds. The van der Waals surface area contributed by atoms with Crippen molar-refractivity contribution in [2.45, 2.75) is 26.2 Å². The molecule has 1 saturated carbocycles. The fourth-order valence-electron chi connectivity index (χ4n) is 2.16. The van der Waals surface area contributed by atoms with Gasteiger partial charge in [0, 0.05) is 31.1 Å². The average molecular weight is 267 g/mol. The van der Waals surface area contributed by atoms with Crippen molar-refractivity contribution in [3.63, 3.8) is 0 Å². The van der Waals surface area contributed by atoms with E-state index in [2.05, 4.69) is 11.8 Å². The van der Waals surface area contributed by atoms with Crippen LogP contribution in [0.15, 0.2) is 18.2 Å². The van der Waals surface area contributed by atoms with E-state index in [1.807, 2.05) is 0 Å². The van der Waals surface area contributed by atoms with Crippen LogP contribution in [0, 0.1) is 17.6 Å². The van der Waals surface area contributed by atoms with Crippen molar-refractivity contribution < 1.29 is 13.6 Å². The van der Waals surface area contributed by atoms with Crippen molar-refractivity contribution in [3.05, 3.63) is 35.4 Å². The summed E-state index contributed by atoms with van der Waals surface area (Å²) in [5.74, 6) is -0.823. The van der Waals surface area contributed by atoms with Crippen LogP contribution in [0.2, 0.25) is 0 Å². The van der Waals surface area contributed by atoms with E-state index in [4.69, 9.17) is 0 Å². The minimum atomic E-state index is -0.700. The first kappa shape index (κ1) is 14.1. The Morgan fingerprint density at radius 2 is 1.89 bits per heavy atom. The summed E-state index contributed by atoms with van der Waals surface area (Å²) in [6, 6.07) is 2.98. The molecule has 1 aliphatic carbocycles. The highest BCUT2D eigenvalue weighted by molar-refractivity contribution is 5.96. The lowest BCUT2D eigenvalue weighted by Crippen LogP contribution is -2.28. The van der Waals surface area contributed by atoms with E-state index < -0.39 is 11.6 Å². The molecule has 0 aromatic heterocycles. The number of carbonyl (C=O) groups excluding carboxylic acids is 1. The van der Waals surface area contributed by atoms with E-state index in [0.717, 1.165) is 37.2 Å². The summed E-state index contributed by atoms with van der Waals surface area (Å²) in [7, 11) is 0. The molecule has 0 bridgehead atoms. The van der Waals surface area contributed by atoms with Gasteiger partial charge in [-0.05, 0) is 37.4 Å². The monoisotopic (exact) mass is 267 g/mol. The predicted octanol–water partition coefficient (Wildman–Crippen LogP) is 3.27. The molecule has 0 unspecified atom stereocenters. The van der Waals surface area contributed by atoms with Gasteiger partial charge in [0.05, 0.1) is 0 Å². The van der Waals surface area contributed by atoms with Gasteiger partial charge in [-0.15, -0.1) is 0 Å². The SMILES string of the molecule is CCN(CCC(=O)c1cc(F)cc(F)c1)CC1CC1. The van der Waals surface area contributed by atoms with E-state index in [1.54, 1.807) is 0 Å². The largest absolute Gasteiger partial charge is 0.303 e. The van der Waals surface area contributed by atoms with Crippen LogP contribution in [0.5, 0.6) is 0 Å². The number of hydrogen-bond acceptors (Lipinski definition) is 2.